The first-order valence-corrected chi connectivity index (χ1v) is 19.8. The third-order valence-corrected chi connectivity index (χ3v) is 10.2. The van der Waals surface area contributed by atoms with E-state index in [1.807, 2.05) is 13.8 Å². The Kier molecular flexibility index (Phi) is 9.71. The number of carboxylic acids is 1. The van der Waals surface area contributed by atoms with Crippen molar-refractivity contribution in [3.8, 4) is 11.5 Å². The van der Waals surface area contributed by atoms with Gasteiger partial charge in [0.2, 0.25) is 0 Å². The van der Waals surface area contributed by atoms with Crippen molar-refractivity contribution in [3.63, 3.8) is 0 Å². The highest BCUT2D eigenvalue weighted by Crippen LogP contribution is 2.45. The summed E-state index contributed by atoms with van der Waals surface area (Å²) in [5, 5.41) is 20.6. The number of nitrogens with one attached hydrogen (secondary N) is 2. The van der Waals surface area contributed by atoms with Crippen molar-refractivity contribution in [1.82, 2.24) is 5.32 Å². The number of nitrogens with zero attached hydrogens (tertiary/aromatic N) is 4. The van der Waals surface area contributed by atoms with Gasteiger partial charge in [-0.25, -0.2) is 4.79 Å². The van der Waals surface area contributed by atoms with Gasteiger partial charge in [0, 0.05) is 68.9 Å². The standard InChI is InChI=1S/C36H36N6O10S2/c1-35(2)15-20(17-53(46,47)48)23-11-26-30(13-28(23)40-35)52-31-14-29-24(21(18-54(49,50)51)16-36(3,4)41-29)12-27(31)32(26)25-10-19(6-7-22(25)34(44)45)33(43)38-8-5-9-39-42-37/h6-7,10-16,40H,5,8-9,17-18H2,1-4H3,(H,38,43)(H,44,45)(H,46,47,48)(H,49,50,51). The van der Waals surface area contributed by atoms with Gasteiger partial charge in [-0.3, -0.25) is 18.9 Å². The zero-order valence-electron chi connectivity index (χ0n) is 29.5. The number of amides is 1. The molecule has 54 heavy (non-hydrogen) atoms. The van der Waals surface area contributed by atoms with Crippen LogP contribution in [-0.2, 0) is 20.2 Å². The van der Waals surface area contributed by atoms with Gasteiger partial charge in [0.15, 0.2) is 0 Å². The molecule has 1 amide bonds. The normalized spacial score (nSPS) is 16.3. The average Bonchev–Trinajstić information content (AvgIpc) is 3.03. The van der Waals surface area contributed by atoms with Crippen LogP contribution in [0.15, 0.2) is 64.7 Å². The molecule has 3 aromatic rings. The summed E-state index contributed by atoms with van der Waals surface area (Å²) in [6.45, 7) is 7.46. The minimum Gasteiger partial charge on any atom is -0.478 e. The van der Waals surface area contributed by atoms with E-state index in [9.17, 15) is 40.6 Å². The van der Waals surface area contributed by atoms with Gasteiger partial charge in [0.25, 0.3) is 26.1 Å². The van der Waals surface area contributed by atoms with Gasteiger partial charge in [-0.1, -0.05) is 17.3 Å². The second-order valence-electron chi connectivity index (χ2n) is 14.3. The molecule has 0 aromatic heterocycles. The molecule has 0 saturated heterocycles. The Balaban J connectivity index is 1.68. The van der Waals surface area contributed by atoms with Crippen molar-refractivity contribution < 1.29 is 45.4 Å². The van der Waals surface area contributed by atoms with Crippen molar-refractivity contribution in [2.24, 2.45) is 10.1 Å². The Bertz CT molecular complexity index is 2620. The van der Waals surface area contributed by atoms with Gasteiger partial charge in [0.05, 0.1) is 22.0 Å². The Hall–Kier alpha value is -5.52. The number of hydrogen-bond acceptors (Lipinski definition) is 10. The SMILES string of the molecule is CC1(C)C=C(CS(=O)(=O)O)c2cc3c(cc2=N1)Oc1cc2c(cc1C=3c1cc(C(=O)NCCCN=[N+]=[N-])ccc1C(=O)O)C(CS(=O)(=O)O)=CC(C)(C)N2. The number of fused-ring (bicyclic) bond motifs is 4. The number of carbonyl (C=O) groups excluding carboxylic acids is 1. The Morgan fingerprint density at radius 2 is 1.59 bits per heavy atom. The van der Waals surface area contributed by atoms with E-state index in [2.05, 4.69) is 20.7 Å². The van der Waals surface area contributed by atoms with Gasteiger partial charge in [0.1, 0.15) is 23.0 Å². The van der Waals surface area contributed by atoms with Crippen LogP contribution < -0.4 is 25.9 Å². The summed E-state index contributed by atoms with van der Waals surface area (Å²) in [7, 11) is -9.02. The third kappa shape index (κ3) is 8.17. The molecule has 0 radical (unpaired) electrons. The first-order chi connectivity index (χ1) is 25.1. The van der Waals surface area contributed by atoms with Crippen LogP contribution in [0.3, 0.4) is 0 Å². The summed E-state index contributed by atoms with van der Waals surface area (Å²) < 4.78 is 75.0. The number of carbonyl (C=O) groups is 2. The van der Waals surface area contributed by atoms with E-state index in [-0.39, 0.29) is 63.2 Å². The second-order valence-corrected chi connectivity index (χ2v) is 17.2. The Morgan fingerprint density at radius 3 is 2.24 bits per heavy atom. The number of aromatic carboxylic acids is 1. The number of benzene rings is 3. The molecular weight excluding hydrogens is 741 g/mol. The lowest BCUT2D eigenvalue weighted by atomic mass is 9.84. The maximum atomic E-state index is 13.3. The fourth-order valence-corrected chi connectivity index (χ4v) is 8.20. The first-order valence-electron chi connectivity index (χ1n) is 16.6. The van der Waals surface area contributed by atoms with Crippen LogP contribution in [0, 0.1) is 0 Å². The van der Waals surface area contributed by atoms with E-state index < -0.39 is 54.7 Å². The number of hydrogen-bond donors (Lipinski definition) is 5. The molecule has 18 heteroatoms. The van der Waals surface area contributed by atoms with Crippen LogP contribution in [0.2, 0.25) is 0 Å². The monoisotopic (exact) mass is 776 g/mol. The van der Waals surface area contributed by atoms with Crippen LogP contribution in [0.1, 0.15) is 77.1 Å². The first kappa shape index (κ1) is 38.2. The number of carboxylic acid groups (broad SMARTS) is 1. The highest BCUT2D eigenvalue weighted by molar-refractivity contribution is 7.86. The topological polar surface area (TPSA) is 258 Å². The molecule has 6 rings (SSSR count). The number of anilines is 1. The maximum Gasteiger partial charge on any atom is 0.336 e. The van der Waals surface area contributed by atoms with Crippen LogP contribution >= 0.6 is 0 Å². The highest BCUT2D eigenvalue weighted by atomic mass is 32.2. The van der Waals surface area contributed by atoms with Crippen LogP contribution in [0.4, 0.5) is 5.69 Å². The zero-order valence-corrected chi connectivity index (χ0v) is 31.2. The highest BCUT2D eigenvalue weighted by Gasteiger charge is 2.33. The van der Waals surface area contributed by atoms with E-state index >= 15 is 0 Å². The van der Waals surface area contributed by atoms with Crippen LogP contribution in [0.25, 0.3) is 27.2 Å². The molecule has 0 saturated carbocycles. The molecular formula is C36H36N6O10S2. The average molecular weight is 777 g/mol. The molecule has 3 aliphatic heterocycles. The second kappa shape index (κ2) is 13.7. The predicted octanol–water partition coefficient (Wildman–Crippen LogP) is 4.33. The molecule has 0 bridgehead atoms. The third-order valence-electron chi connectivity index (χ3n) is 8.84. The number of ether oxygens (including phenoxy) is 1. The van der Waals surface area contributed by atoms with Crippen molar-refractivity contribution in [2.45, 2.75) is 45.2 Å². The number of azide groups is 1. The minimum atomic E-state index is -4.52. The zero-order chi connectivity index (χ0) is 39.4. The quantitative estimate of drug-likeness (QED) is 0.0471. The van der Waals surface area contributed by atoms with E-state index in [4.69, 9.17) is 15.3 Å². The molecule has 0 aliphatic carbocycles. The molecule has 16 nitrogen and oxygen atoms in total. The lowest BCUT2D eigenvalue weighted by Crippen LogP contribution is -2.33. The molecule has 0 unspecified atom stereocenters. The maximum absolute atomic E-state index is 13.3. The molecule has 3 aliphatic rings. The Morgan fingerprint density at radius 1 is 0.907 bits per heavy atom. The predicted molar refractivity (Wildman–Crippen MR) is 200 cm³/mol. The van der Waals surface area contributed by atoms with Crippen molar-refractivity contribution >= 4 is 54.5 Å². The van der Waals surface area contributed by atoms with E-state index in [0.29, 0.717) is 34.2 Å². The summed E-state index contributed by atoms with van der Waals surface area (Å²) in [5.74, 6) is -2.87. The summed E-state index contributed by atoms with van der Waals surface area (Å²) >= 11 is 0. The molecule has 0 spiro atoms. The van der Waals surface area contributed by atoms with Crippen LogP contribution in [0.5, 0.6) is 11.5 Å². The smallest absolute Gasteiger partial charge is 0.336 e. The Labute approximate surface area is 310 Å². The van der Waals surface area contributed by atoms with E-state index in [0.717, 1.165) is 0 Å². The lowest BCUT2D eigenvalue weighted by Gasteiger charge is -2.34. The fourth-order valence-electron chi connectivity index (χ4n) is 6.93. The summed E-state index contributed by atoms with van der Waals surface area (Å²) in [6.07, 6.45) is 3.63. The molecule has 0 fully saturated rings. The fraction of sp³-hybridized carbons (Fsp3) is 0.306. The summed E-state index contributed by atoms with van der Waals surface area (Å²) in [5.41, 5.74) is 9.12. The lowest BCUT2D eigenvalue weighted by molar-refractivity contribution is 0.0695. The summed E-state index contributed by atoms with van der Waals surface area (Å²) in [6, 6.07) is 10.5. The number of rotatable bonds is 11. The van der Waals surface area contributed by atoms with Crippen molar-refractivity contribution in [2.75, 3.05) is 29.9 Å². The summed E-state index contributed by atoms with van der Waals surface area (Å²) in [4.78, 5) is 33.7. The van der Waals surface area contributed by atoms with Gasteiger partial charge < -0.3 is 20.5 Å². The molecule has 3 heterocycles. The van der Waals surface area contributed by atoms with Crippen molar-refractivity contribution in [3.05, 3.63) is 109 Å². The van der Waals surface area contributed by atoms with Gasteiger partial charge in [-0.05, 0) is 86.7 Å². The van der Waals surface area contributed by atoms with Crippen LogP contribution in [-0.4, -0.2) is 78.6 Å². The minimum absolute atomic E-state index is 0.0766. The van der Waals surface area contributed by atoms with Gasteiger partial charge in [-0.2, -0.15) is 16.8 Å². The molecule has 5 N–H and O–H groups in total. The molecule has 3 aromatic carbocycles. The van der Waals surface area contributed by atoms with Gasteiger partial charge in [-0.15, -0.1) is 0 Å². The molecule has 0 atom stereocenters. The molecule has 282 valence electrons. The van der Waals surface area contributed by atoms with Crippen molar-refractivity contribution in [1.29, 1.82) is 0 Å². The van der Waals surface area contributed by atoms with E-state index in [1.165, 1.54) is 18.2 Å². The van der Waals surface area contributed by atoms with Gasteiger partial charge >= 0.3 is 5.97 Å². The largest absolute Gasteiger partial charge is 0.478 e. The van der Waals surface area contributed by atoms with E-state index in [1.54, 1.807) is 50.3 Å².